The van der Waals surface area contributed by atoms with Crippen molar-refractivity contribution in [3.63, 3.8) is 0 Å². The number of ketones is 1. The molecule has 0 radical (unpaired) electrons. The highest BCUT2D eigenvalue weighted by atomic mass is 35.5. The Kier molecular flexibility index (Phi) is 4.08. The van der Waals surface area contributed by atoms with Crippen LogP contribution in [0.2, 0.25) is 10.0 Å². The number of hydrogen-bond donors (Lipinski definition) is 1. The number of nitrogens with two attached hydrogens (primary N) is 1. The summed E-state index contributed by atoms with van der Waals surface area (Å²) >= 11 is 11.7. The number of carbonyl (C=O) groups excluding carboxylic acids is 1. The first-order chi connectivity index (χ1) is 8.97. The van der Waals surface area contributed by atoms with Gasteiger partial charge < -0.3 is 5.73 Å². The van der Waals surface area contributed by atoms with E-state index in [0.717, 1.165) is 0 Å². The van der Waals surface area contributed by atoms with Gasteiger partial charge >= 0.3 is 0 Å². The van der Waals surface area contributed by atoms with Crippen LogP contribution in [0.3, 0.4) is 0 Å². The summed E-state index contributed by atoms with van der Waals surface area (Å²) in [6.07, 6.45) is -0.134. The highest BCUT2D eigenvalue weighted by Gasteiger charge is 2.14. The van der Waals surface area contributed by atoms with Crippen molar-refractivity contribution in [3.8, 4) is 0 Å². The Labute approximate surface area is 119 Å². The van der Waals surface area contributed by atoms with E-state index in [-0.39, 0.29) is 22.8 Å². The van der Waals surface area contributed by atoms with Gasteiger partial charge in [0.1, 0.15) is 5.82 Å². The number of carbonyl (C=O) groups is 1. The summed E-state index contributed by atoms with van der Waals surface area (Å²) in [5, 5.41) is 0.589. The second-order valence-corrected chi connectivity index (χ2v) is 4.92. The molecule has 2 nitrogen and oxygen atoms in total. The topological polar surface area (TPSA) is 43.1 Å². The van der Waals surface area contributed by atoms with Crippen molar-refractivity contribution in [1.29, 1.82) is 0 Å². The van der Waals surface area contributed by atoms with E-state index in [1.807, 2.05) is 0 Å². The zero-order chi connectivity index (χ0) is 14.0. The Morgan fingerprint density at radius 2 is 1.95 bits per heavy atom. The van der Waals surface area contributed by atoms with Gasteiger partial charge in [-0.25, -0.2) is 4.39 Å². The van der Waals surface area contributed by atoms with E-state index in [4.69, 9.17) is 28.9 Å². The SMILES string of the molecule is Nc1cc(Cl)cc(C(=O)Cc2c(F)cccc2Cl)c1. The zero-order valence-electron chi connectivity index (χ0n) is 9.79. The van der Waals surface area contributed by atoms with Crippen molar-refractivity contribution in [2.75, 3.05) is 5.73 Å². The van der Waals surface area contributed by atoms with E-state index in [1.165, 1.54) is 30.3 Å². The van der Waals surface area contributed by atoms with Crippen LogP contribution in [-0.4, -0.2) is 5.78 Å². The van der Waals surface area contributed by atoms with Gasteiger partial charge in [0, 0.05) is 33.3 Å². The van der Waals surface area contributed by atoms with Crippen molar-refractivity contribution in [3.05, 3.63) is 63.4 Å². The lowest BCUT2D eigenvalue weighted by atomic mass is 10.0. The Balaban J connectivity index is 2.31. The number of hydrogen-bond acceptors (Lipinski definition) is 2. The average molecular weight is 298 g/mol. The van der Waals surface area contributed by atoms with Crippen LogP contribution in [-0.2, 0) is 6.42 Å². The minimum atomic E-state index is -0.504. The van der Waals surface area contributed by atoms with E-state index in [9.17, 15) is 9.18 Å². The second kappa shape index (κ2) is 5.59. The van der Waals surface area contributed by atoms with Gasteiger partial charge in [0.05, 0.1) is 0 Å². The summed E-state index contributed by atoms with van der Waals surface area (Å²) in [6, 6.07) is 8.83. The van der Waals surface area contributed by atoms with Gasteiger partial charge in [-0.05, 0) is 30.3 Å². The summed E-state index contributed by atoms with van der Waals surface area (Å²) in [7, 11) is 0. The fourth-order valence-electron chi connectivity index (χ4n) is 1.74. The Morgan fingerprint density at radius 3 is 2.58 bits per heavy atom. The third kappa shape index (κ3) is 3.25. The first-order valence-electron chi connectivity index (χ1n) is 5.49. The summed E-state index contributed by atoms with van der Waals surface area (Å²) in [6.45, 7) is 0. The molecule has 2 rings (SSSR count). The average Bonchev–Trinajstić information content (AvgIpc) is 2.32. The number of Topliss-reactive ketones (excluding diaryl/α,β-unsaturated/α-hetero) is 1. The molecule has 98 valence electrons. The number of halogens is 3. The standard InChI is InChI=1S/C14H10Cl2FNO/c15-9-4-8(5-10(18)6-9)14(19)7-11-12(16)2-1-3-13(11)17/h1-6H,7,18H2. The van der Waals surface area contributed by atoms with Crippen LogP contribution in [0.4, 0.5) is 10.1 Å². The number of rotatable bonds is 3. The molecule has 0 aliphatic rings. The van der Waals surface area contributed by atoms with Crippen LogP contribution in [0.25, 0.3) is 0 Å². The van der Waals surface area contributed by atoms with Crippen LogP contribution in [0.5, 0.6) is 0 Å². The molecule has 0 amide bonds. The van der Waals surface area contributed by atoms with Gasteiger partial charge in [-0.2, -0.15) is 0 Å². The van der Waals surface area contributed by atoms with E-state index >= 15 is 0 Å². The van der Waals surface area contributed by atoms with Gasteiger partial charge in [0.2, 0.25) is 0 Å². The maximum atomic E-state index is 13.6. The largest absolute Gasteiger partial charge is 0.399 e. The van der Waals surface area contributed by atoms with Crippen LogP contribution < -0.4 is 5.73 Å². The Bertz CT molecular complexity index is 603. The molecule has 0 heterocycles. The van der Waals surface area contributed by atoms with Gasteiger partial charge in [0.25, 0.3) is 0 Å². The van der Waals surface area contributed by atoms with Crippen LogP contribution in [0.1, 0.15) is 15.9 Å². The van der Waals surface area contributed by atoms with Gasteiger partial charge in [-0.1, -0.05) is 29.3 Å². The minimum Gasteiger partial charge on any atom is -0.399 e. The van der Waals surface area contributed by atoms with Gasteiger partial charge in [-0.15, -0.1) is 0 Å². The molecule has 0 aromatic heterocycles. The number of nitrogen functional groups attached to an aromatic ring is 1. The third-order valence-corrected chi connectivity index (χ3v) is 3.21. The molecule has 0 fully saturated rings. The third-order valence-electron chi connectivity index (χ3n) is 2.64. The van der Waals surface area contributed by atoms with Crippen molar-refractivity contribution >= 4 is 34.7 Å². The molecule has 0 unspecified atom stereocenters. The van der Waals surface area contributed by atoms with Crippen molar-refractivity contribution in [1.82, 2.24) is 0 Å². The Morgan fingerprint density at radius 1 is 1.21 bits per heavy atom. The summed E-state index contributed by atoms with van der Waals surface area (Å²) in [4.78, 5) is 12.1. The first-order valence-corrected chi connectivity index (χ1v) is 6.25. The smallest absolute Gasteiger partial charge is 0.167 e. The maximum absolute atomic E-state index is 13.6. The molecule has 19 heavy (non-hydrogen) atoms. The molecular formula is C14H10Cl2FNO. The molecule has 0 spiro atoms. The lowest BCUT2D eigenvalue weighted by Crippen LogP contribution is -2.06. The molecule has 0 aliphatic carbocycles. The molecule has 2 aromatic carbocycles. The molecule has 0 aliphatic heterocycles. The van der Waals surface area contributed by atoms with Crippen molar-refractivity contribution < 1.29 is 9.18 Å². The second-order valence-electron chi connectivity index (χ2n) is 4.07. The number of benzene rings is 2. The van der Waals surface area contributed by atoms with Crippen molar-refractivity contribution in [2.24, 2.45) is 0 Å². The van der Waals surface area contributed by atoms with Crippen LogP contribution >= 0.6 is 23.2 Å². The van der Waals surface area contributed by atoms with E-state index < -0.39 is 5.82 Å². The molecule has 0 saturated heterocycles. The van der Waals surface area contributed by atoms with Gasteiger partial charge in [0.15, 0.2) is 5.78 Å². The van der Waals surface area contributed by atoms with Crippen LogP contribution in [0.15, 0.2) is 36.4 Å². The van der Waals surface area contributed by atoms with Gasteiger partial charge in [-0.3, -0.25) is 4.79 Å². The maximum Gasteiger partial charge on any atom is 0.167 e. The first kappa shape index (κ1) is 13.8. The molecule has 2 N–H and O–H groups in total. The summed E-state index contributed by atoms with van der Waals surface area (Å²) in [5.74, 6) is -0.794. The lowest BCUT2D eigenvalue weighted by Gasteiger charge is -2.06. The van der Waals surface area contributed by atoms with Crippen LogP contribution in [0, 0.1) is 5.82 Å². The molecule has 5 heteroatoms. The highest BCUT2D eigenvalue weighted by molar-refractivity contribution is 6.32. The summed E-state index contributed by atoms with van der Waals surface area (Å²) in [5.41, 5.74) is 6.51. The summed E-state index contributed by atoms with van der Waals surface area (Å²) < 4.78 is 13.6. The highest BCUT2D eigenvalue weighted by Crippen LogP contribution is 2.23. The van der Waals surface area contributed by atoms with E-state index in [2.05, 4.69) is 0 Å². The molecule has 0 bridgehead atoms. The van der Waals surface area contributed by atoms with E-state index in [0.29, 0.717) is 16.3 Å². The quantitative estimate of drug-likeness (QED) is 0.683. The fraction of sp³-hybridized carbons (Fsp3) is 0.0714. The predicted molar refractivity (Wildman–Crippen MR) is 75.3 cm³/mol. The fourth-order valence-corrected chi connectivity index (χ4v) is 2.21. The molecule has 0 saturated carbocycles. The zero-order valence-corrected chi connectivity index (χ0v) is 11.3. The van der Waals surface area contributed by atoms with Crippen molar-refractivity contribution in [2.45, 2.75) is 6.42 Å². The molecule has 2 aromatic rings. The molecule has 0 atom stereocenters. The molecular weight excluding hydrogens is 288 g/mol. The lowest BCUT2D eigenvalue weighted by molar-refractivity contribution is 0.0992. The monoisotopic (exact) mass is 297 g/mol. The minimum absolute atomic E-state index is 0.134. The Hall–Kier alpha value is -1.58. The normalized spacial score (nSPS) is 10.5. The number of anilines is 1. The predicted octanol–water partition coefficient (Wildman–Crippen LogP) is 4.14. The van der Waals surface area contributed by atoms with E-state index in [1.54, 1.807) is 6.07 Å².